The van der Waals surface area contributed by atoms with E-state index in [1.165, 1.54) is 0 Å². The van der Waals surface area contributed by atoms with E-state index in [2.05, 4.69) is 20.8 Å². The fraction of sp³-hybridized carbons (Fsp3) is 0.250. The summed E-state index contributed by atoms with van der Waals surface area (Å²) in [6.45, 7) is 1.94. The van der Waals surface area contributed by atoms with Gasteiger partial charge in [0.25, 0.3) is 5.91 Å². The lowest BCUT2D eigenvalue weighted by molar-refractivity contribution is 0.0951. The number of hydrogen-bond acceptors (Lipinski definition) is 5. The number of amides is 1. The van der Waals surface area contributed by atoms with Crippen LogP contribution in [-0.2, 0) is 0 Å². The van der Waals surface area contributed by atoms with Gasteiger partial charge in [-0.05, 0) is 50.1 Å². The average Bonchev–Trinajstić information content (AvgIpc) is 3.34. The maximum atomic E-state index is 12.2. The first-order valence-corrected chi connectivity index (χ1v) is 8.75. The Bertz CT molecular complexity index is 903. The summed E-state index contributed by atoms with van der Waals surface area (Å²) in [6.07, 6.45) is 2.14. The van der Waals surface area contributed by atoms with Gasteiger partial charge in [-0.15, -0.1) is 10.2 Å². The molecule has 1 heterocycles. The first-order chi connectivity index (χ1) is 12.7. The molecule has 0 unspecified atom stereocenters. The largest absolute Gasteiger partial charge is 0.418 e. The van der Waals surface area contributed by atoms with Gasteiger partial charge in [0.05, 0.1) is 0 Å². The molecule has 1 amide bonds. The highest BCUT2D eigenvalue weighted by atomic mass is 16.4. The minimum atomic E-state index is -0.179. The summed E-state index contributed by atoms with van der Waals surface area (Å²) in [4.78, 5) is 12.2. The number of nitrogens with one attached hydrogen (secondary N) is 2. The molecular weight excluding hydrogens is 328 g/mol. The summed E-state index contributed by atoms with van der Waals surface area (Å²) in [5.74, 6) is 0.955. The number of nitrogens with zero attached hydrogens (tertiary/aromatic N) is 2. The molecule has 0 spiro atoms. The number of carbonyl (C=O) groups excluding carboxylic acids is 1. The van der Waals surface area contributed by atoms with Gasteiger partial charge < -0.3 is 15.1 Å². The normalized spacial score (nSPS) is 14.7. The maximum absolute atomic E-state index is 12.2. The number of hydrogen-bond donors (Lipinski definition) is 2. The smallest absolute Gasteiger partial charge is 0.251 e. The zero-order valence-electron chi connectivity index (χ0n) is 14.5. The molecule has 2 N–H and O–H groups in total. The van der Waals surface area contributed by atoms with Gasteiger partial charge in [-0.25, -0.2) is 0 Å². The summed E-state index contributed by atoms with van der Waals surface area (Å²) in [5, 5.41) is 14.6. The highest BCUT2D eigenvalue weighted by Crippen LogP contribution is 2.24. The third-order valence-corrected chi connectivity index (χ3v) is 4.25. The Morgan fingerprint density at radius 3 is 2.69 bits per heavy atom. The SMILES string of the molecule is C[C@H](Nc1cccc(C(=O)NC2CC2)c1)c1nnc(-c2ccccc2)o1. The van der Waals surface area contributed by atoms with Crippen molar-refractivity contribution in [3.63, 3.8) is 0 Å². The molecule has 6 heteroatoms. The van der Waals surface area contributed by atoms with E-state index in [0.29, 0.717) is 23.4 Å². The van der Waals surface area contributed by atoms with Gasteiger partial charge in [0, 0.05) is 22.9 Å². The van der Waals surface area contributed by atoms with Crippen LogP contribution in [0.3, 0.4) is 0 Å². The van der Waals surface area contributed by atoms with Crippen molar-refractivity contribution in [2.45, 2.75) is 31.8 Å². The zero-order chi connectivity index (χ0) is 17.9. The van der Waals surface area contributed by atoms with Crippen molar-refractivity contribution in [2.24, 2.45) is 0 Å². The Morgan fingerprint density at radius 1 is 1.12 bits per heavy atom. The van der Waals surface area contributed by atoms with Crippen molar-refractivity contribution in [3.05, 3.63) is 66.1 Å². The summed E-state index contributed by atoms with van der Waals surface area (Å²) < 4.78 is 5.78. The Kier molecular flexibility index (Phi) is 4.39. The Balaban J connectivity index is 1.45. The number of anilines is 1. The van der Waals surface area contributed by atoms with E-state index < -0.39 is 0 Å². The molecular formula is C20H20N4O2. The van der Waals surface area contributed by atoms with E-state index in [9.17, 15) is 4.79 Å². The van der Waals surface area contributed by atoms with Crippen molar-refractivity contribution in [1.29, 1.82) is 0 Å². The van der Waals surface area contributed by atoms with Gasteiger partial charge in [-0.1, -0.05) is 24.3 Å². The van der Waals surface area contributed by atoms with Crippen molar-refractivity contribution in [2.75, 3.05) is 5.32 Å². The average molecular weight is 348 g/mol. The maximum Gasteiger partial charge on any atom is 0.251 e. The van der Waals surface area contributed by atoms with Gasteiger partial charge in [0.1, 0.15) is 6.04 Å². The molecule has 1 aliphatic rings. The third kappa shape index (κ3) is 3.74. The van der Waals surface area contributed by atoms with Gasteiger partial charge in [0.15, 0.2) is 0 Å². The lowest BCUT2D eigenvalue weighted by Crippen LogP contribution is -2.25. The van der Waals surface area contributed by atoms with Gasteiger partial charge in [-0.3, -0.25) is 4.79 Å². The van der Waals surface area contributed by atoms with E-state index in [1.54, 1.807) is 0 Å². The molecule has 0 radical (unpaired) electrons. The second-order valence-corrected chi connectivity index (χ2v) is 6.51. The monoisotopic (exact) mass is 348 g/mol. The number of aromatic nitrogens is 2. The molecule has 4 rings (SSSR count). The van der Waals surface area contributed by atoms with Crippen LogP contribution in [0.25, 0.3) is 11.5 Å². The Labute approximate surface area is 151 Å². The third-order valence-electron chi connectivity index (χ3n) is 4.25. The van der Waals surface area contributed by atoms with Crippen LogP contribution in [0.1, 0.15) is 42.1 Å². The van der Waals surface area contributed by atoms with E-state index in [4.69, 9.17) is 4.42 Å². The van der Waals surface area contributed by atoms with Crippen LogP contribution in [0.5, 0.6) is 0 Å². The van der Waals surface area contributed by atoms with Gasteiger partial charge in [-0.2, -0.15) is 0 Å². The minimum absolute atomic E-state index is 0.0343. The standard InChI is InChI=1S/C20H20N4O2/c1-13(19-23-24-20(26-19)14-6-3-2-4-7-14)21-17-9-5-8-15(12-17)18(25)22-16-10-11-16/h2-9,12-13,16,21H,10-11H2,1H3,(H,22,25)/t13-/m0/s1. The fourth-order valence-electron chi connectivity index (χ4n) is 2.67. The van der Waals surface area contributed by atoms with Gasteiger partial charge in [0.2, 0.25) is 11.8 Å². The van der Waals surface area contributed by atoms with Crippen molar-refractivity contribution >= 4 is 11.6 Å². The molecule has 1 saturated carbocycles. The predicted octanol–water partition coefficient (Wildman–Crippen LogP) is 3.80. The van der Waals surface area contributed by atoms with E-state index in [0.717, 1.165) is 24.1 Å². The lowest BCUT2D eigenvalue weighted by atomic mass is 10.1. The molecule has 0 aliphatic heterocycles. The molecule has 3 aromatic rings. The first kappa shape index (κ1) is 16.3. The van der Waals surface area contributed by atoms with Crippen molar-refractivity contribution in [1.82, 2.24) is 15.5 Å². The number of rotatable bonds is 6. The number of carbonyl (C=O) groups is 1. The predicted molar refractivity (Wildman–Crippen MR) is 98.7 cm³/mol. The zero-order valence-corrected chi connectivity index (χ0v) is 14.5. The fourth-order valence-corrected chi connectivity index (χ4v) is 2.67. The van der Waals surface area contributed by atoms with Crippen LogP contribution in [-0.4, -0.2) is 22.1 Å². The Hall–Kier alpha value is -3.15. The molecule has 6 nitrogen and oxygen atoms in total. The number of benzene rings is 2. The van der Waals surface area contributed by atoms with Crippen LogP contribution >= 0.6 is 0 Å². The Morgan fingerprint density at radius 2 is 1.92 bits per heavy atom. The molecule has 0 saturated heterocycles. The summed E-state index contributed by atoms with van der Waals surface area (Å²) >= 11 is 0. The molecule has 0 bridgehead atoms. The summed E-state index contributed by atoms with van der Waals surface area (Å²) in [7, 11) is 0. The van der Waals surface area contributed by atoms with Crippen molar-refractivity contribution in [3.8, 4) is 11.5 Å². The van der Waals surface area contributed by atoms with E-state index >= 15 is 0 Å². The van der Waals surface area contributed by atoms with Crippen molar-refractivity contribution < 1.29 is 9.21 Å². The van der Waals surface area contributed by atoms with E-state index in [-0.39, 0.29) is 11.9 Å². The molecule has 1 aromatic heterocycles. The molecule has 1 aliphatic carbocycles. The van der Waals surface area contributed by atoms with Crippen LogP contribution < -0.4 is 10.6 Å². The molecule has 132 valence electrons. The molecule has 26 heavy (non-hydrogen) atoms. The van der Waals surface area contributed by atoms with Crippen LogP contribution in [0.4, 0.5) is 5.69 Å². The second-order valence-electron chi connectivity index (χ2n) is 6.51. The second kappa shape index (κ2) is 7.00. The molecule has 1 atom stereocenters. The lowest BCUT2D eigenvalue weighted by Gasteiger charge is -2.12. The topological polar surface area (TPSA) is 80.0 Å². The van der Waals surface area contributed by atoms with Crippen LogP contribution in [0, 0.1) is 0 Å². The molecule has 2 aromatic carbocycles. The summed E-state index contributed by atoms with van der Waals surface area (Å²) in [6, 6.07) is 17.2. The first-order valence-electron chi connectivity index (χ1n) is 8.75. The highest BCUT2D eigenvalue weighted by Gasteiger charge is 2.24. The van der Waals surface area contributed by atoms with E-state index in [1.807, 2.05) is 61.5 Å². The summed E-state index contributed by atoms with van der Waals surface area (Å²) in [5.41, 5.74) is 2.36. The van der Waals surface area contributed by atoms with Gasteiger partial charge >= 0.3 is 0 Å². The van der Waals surface area contributed by atoms with Crippen LogP contribution in [0.15, 0.2) is 59.0 Å². The highest BCUT2D eigenvalue weighted by molar-refractivity contribution is 5.95. The van der Waals surface area contributed by atoms with Crippen LogP contribution in [0.2, 0.25) is 0 Å². The quantitative estimate of drug-likeness (QED) is 0.708. The molecule has 1 fully saturated rings. The minimum Gasteiger partial charge on any atom is -0.418 e.